The summed E-state index contributed by atoms with van der Waals surface area (Å²) in [6.07, 6.45) is 0. The highest BCUT2D eigenvalue weighted by Crippen LogP contribution is 2.36. The molecule has 0 saturated heterocycles. The third kappa shape index (κ3) is 3.84. The summed E-state index contributed by atoms with van der Waals surface area (Å²) in [4.78, 5) is 25.3. The number of amides is 2. The van der Waals surface area contributed by atoms with Crippen molar-refractivity contribution in [3.8, 4) is 21.9 Å². The van der Waals surface area contributed by atoms with Gasteiger partial charge in [0.1, 0.15) is 13.2 Å². The second-order valence-electron chi connectivity index (χ2n) is 6.27. The van der Waals surface area contributed by atoms with Crippen molar-refractivity contribution in [1.29, 1.82) is 0 Å². The van der Waals surface area contributed by atoms with Gasteiger partial charge in [0.05, 0.1) is 4.88 Å². The third-order valence-corrected chi connectivity index (χ3v) is 5.45. The molecule has 0 unspecified atom stereocenters. The van der Waals surface area contributed by atoms with Crippen LogP contribution in [0.15, 0.2) is 54.6 Å². The number of thiophene rings is 1. The van der Waals surface area contributed by atoms with E-state index in [0.29, 0.717) is 30.2 Å². The monoisotopic (exact) mass is 394 g/mol. The predicted octanol–water partition coefficient (Wildman–Crippen LogP) is 3.22. The van der Waals surface area contributed by atoms with Gasteiger partial charge in [0.2, 0.25) is 5.91 Å². The molecule has 1 aliphatic heterocycles. The molecule has 142 valence electrons. The Labute approximate surface area is 165 Å². The first-order valence-electron chi connectivity index (χ1n) is 8.77. The van der Waals surface area contributed by atoms with Crippen LogP contribution in [0.5, 0.6) is 11.5 Å². The molecule has 2 aromatic carbocycles. The number of nitrogens with two attached hydrogens (primary N) is 1. The van der Waals surface area contributed by atoms with Crippen LogP contribution in [0.4, 0.5) is 0 Å². The number of ether oxygens (including phenoxy) is 2. The Morgan fingerprint density at radius 1 is 1.00 bits per heavy atom. The first-order chi connectivity index (χ1) is 13.6. The maximum Gasteiger partial charge on any atom is 0.261 e. The highest BCUT2D eigenvalue weighted by atomic mass is 32.1. The minimum Gasteiger partial charge on any atom is -0.486 e. The standard InChI is InChI=1S/C21H18N2O4S/c22-20(24)15-3-1-2-13(10-15)12-23-21(25)19-7-6-18(28-19)14-4-5-16-17(11-14)27-9-8-26-16/h1-7,10-11H,8-9,12H2,(H2,22,24)(H,23,25). The summed E-state index contributed by atoms with van der Waals surface area (Å²) in [6.45, 7) is 1.40. The van der Waals surface area contributed by atoms with Crippen molar-refractivity contribution in [3.63, 3.8) is 0 Å². The van der Waals surface area contributed by atoms with Gasteiger partial charge in [0.15, 0.2) is 11.5 Å². The summed E-state index contributed by atoms with van der Waals surface area (Å²) < 4.78 is 11.2. The highest BCUT2D eigenvalue weighted by Gasteiger charge is 2.15. The predicted molar refractivity (Wildman–Crippen MR) is 107 cm³/mol. The molecule has 1 aromatic heterocycles. The maximum atomic E-state index is 12.5. The molecule has 0 fully saturated rings. The van der Waals surface area contributed by atoms with Gasteiger partial charge < -0.3 is 20.5 Å². The summed E-state index contributed by atoms with van der Waals surface area (Å²) in [5, 5.41) is 2.87. The zero-order chi connectivity index (χ0) is 19.5. The number of nitrogens with one attached hydrogen (secondary N) is 1. The topological polar surface area (TPSA) is 90.7 Å². The van der Waals surface area contributed by atoms with Crippen LogP contribution >= 0.6 is 11.3 Å². The number of fused-ring (bicyclic) bond motifs is 1. The van der Waals surface area contributed by atoms with Gasteiger partial charge in [0.25, 0.3) is 5.91 Å². The molecule has 0 saturated carbocycles. The van der Waals surface area contributed by atoms with Crippen molar-refractivity contribution in [2.75, 3.05) is 13.2 Å². The Morgan fingerprint density at radius 3 is 2.64 bits per heavy atom. The smallest absolute Gasteiger partial charge is 0.261 e. The molecule has 2 amide bonds. The van der Waals surface area contributed by atoms with Crippen molar-refractivity contribution in [2.24, 2.45) is 5.73 Å². The maximum absolute atomic E-state index is 12.5. The quantitative estimate of drug-likeness (QED) is 0.695. The van der Waals surface area contributed by atoms with E-state index in [9.17, 15) is 9.59 Å². The Balaban J connectivity index is 1.44. The summed E-state index contributed by atoms with van der Waals surface area (Å²) >= 11 is 1.41. The number of rotatable bonds is 5. The first-order valence-corrected chi connectivity index (χ1v) is 9.58. The fourth-order valence-corrected chi connectivity index (χ4v) is 3.83. The van der Waals surface area contributed by atoms with Gasteiger partial charge in [-0.15, -0.1) is 11.3 Å². The van der Waals surface area contributed by atoms with Gasteiger partial charge in [-0.1, -0.05) is 12.1 Å². The lowest BCUT2D eigenvalue weighted by Crippen LogP contribution is -2.22. The molecule has 0 spiro atoms. The van der Waals surface area contributed by atoms with E-state index in [2.05, 4.69) is 5.32 Å². The lowest BCUT2D eigenvalue weighted by molar-refractivity contribution is 0.0954. The van der Waals surface area contributed by atoms with E-state index in [1.807, 2.05) is 30.3 Å². The van der Waals surface area contributed by atoms with Gasteiger partial charge >= 0.3 is 0 Å². The van der Waals surface area contributed by atoms with Crippen molar-refractivity contribution in [3.05, 3.63) is 70.6 Å². The number of hydrogen-bond acceptors (Lipinski definition) is 5. The van der Waals surface area contributed by atoms with Gasteiger partial charge in [-0.3, -0.25) is 9.59 Å². The number of hydrogen-bond donors (Lipinski definition) is 2. The van der Waals surface area contributed by atoms with Crippen LogP contribution in [0.3, 0.4) is 0 Å². The van der Waals surface area contributed by atoms with Crippen molar-refractivity contribution in [2.45, 2.75) is 6.54 Å². The van der Waals surface area contributed by atoms with Crippen LogP contribution in [-0.4, -0.2) is 25.0 Å². The molecular weight excluding hydrogens is 376 g/mol. The summed E-state index contributed by atoms with van der Waals surface area (Å²) in [7, 11) is 0. The normalized spacial score (nSPS) is 12.4. The number of primary amides is 1. The molecule has 0 aliphatic carbocycles. The Hall–Kier alpha value is -3.32. The van der Waals surface area contributed by atoms with E-state index in [4.69, 9.17) is 15.2 Å². The van der Waals surface area contributed by atoms with E-state index < -0.39 is 5.91 Å². The van der Waals surface area contributed by atoms with Gasteiger partial charge in [-0.25, -0.2) is 0 Å². The zero-order valence-corrected chi connectivity index (χ0v) is 15.8. The lowest BCUT2D eigenvalue weighted by Gasteiger charge is -2.18. The molecule has 0 atom stereocenters. The summed E-state index contributed by atoms with van der Waals surface area (Å²) in [5.74, 6) is 0.800. The van der Waals surface area contributed by atoms with Gasteiger partial charge in [0, 0.05) is 17.0 Å². The Morgan fingerprint density at radius 2 is 1.82 bits per heavy atom. The SMILES string of the molecule is NC(=O)c1cccc(CNC(=O)c2ccc(-c3ccc4c(c3)OCCO4)s2)c1. The van der Waals surface area contributed by atoms with Crippen LogP contribution in [0.1, 0.15) is 25.6 Å². The van der Waals surface area contributed by atoms with Crippen LogP contribution in [0.2, 0.25) is 0 Å². The van der Waals surface area contributed by atoms with Crippen LogP contribution in [0, 0.1) is 0 Å². The first kappa shape index (κ1) is 18.1. The minimum absolute atomic E-state index is 0.168. The van der Waals surface area contributed by atoms with Gasteiger partial charge in [-0.2, -0.15) is 0 Å². The molecule has 4 rings (SSSR count). The van der Waals surface area contributed by atoms with Crippen LogP contribution in [0.25, 0.3) is 10.4 Å². The minimum atomic E-state index is -0.490. The largest absolute Gasteiger partial charge is 0.486 e. The fraction of sp³-hybridized carbons (Fsp3) is 0.143. The number of benzene rings is 2. The molecular formula is C21H18N2O4S. The lowest BCUT2D eigenvalue weighted by atomic mass is 10.1. The number of carbonyl (C=O) groups excluding carboxylic acids is 2. The molecule has 3 N–H and O–H groups in total. The molecule has 2 heterocycles. The second-order valence-corrected chi connectivity index (χ2v) is 7.35. The molecule has 7 heteroatoms. The molecule has 3 aromatic rings. The second kappa shape index (κ2) is 7.74. The van der Waals surface area contributed by atoms with Crippen molar-refractivity contribution in [1.82, 2.24) is 5.32 Å². The molecule has 1 aliphatic rings. The Bertz CT molecular complexity index is 1040. The Kier molecular flexibility index (Phi) is 4.99. The average Bonchev–Trinajstić information content (AvgIpc) is 3.22. The van der Waals surface area contributed by atoms with E-state index in [1.54, 1.807) is 24.3 Å². The summed E-state index contributed by atoms with van der Waals surface area (Å²) in [6, 6.07) is 16.4. The van der Waals surface area contributed by atoms with E-state index >= 15 is 0 Å². The highest BCUT2D eigenvalue weighted by molar-refractivity contribution is 7.17. The van der Waals surface area contributed by atoms with E-state index in [1.165, 1.54) is 11.3 Å². The van der Waals surface area contributed by atoms with Crippen LogP contribution < -0.4 is 20.5 Å². The van der Waals surface area contributed by atoms with E-state index in [-0.39, 0.29) is 5.91 Å². The van der Waals surface area contributed by atoms with Crippen LogP contribution in [-0.2, 0) is 6.54 Å². The zero-order valence-electron chi connectivity index (χ0n) is 14.9. The van der Waals surface area contributed by atoms with Crippen molar-refractivity contribution >= 4 is 23.2 Å². The molecule has 0 radical (unpaired) electrons. The number of carbonyl (C=O) groups is 2. The van der Waals surface area contributed by atoms with Gasteiger partial charge in [-0.05, 0) is 53.6 Å². The molecule has 0 bridgehead atoms. The summed E-state index contributed by atoms with van der Waals surface area (Å²) in [5.41, 5.74) is 7.50. The third-order valence-electron chi connectivity index (χ3n) is 4.32. The fourth-order valence-electron chi connectivity index (χ4n) is 2.92. The van der Waals surface area contributed by atoms with E-state index in [0.717, 1.165) is 27.5 Å². The van der Waals surface area contributed by atoms with Crippen molar-refractivity contribution < 1.29 is 19.1 Å². The molecule has 6 nitrogen and oxygen atoms in total. The average molecular weight is 394 g/mol. The molecule has 28 heavy (non-hydrogen) atoms.